The first-order valence-corrected chi connectivity index (χ1v) is 7.68. The third kappa shape index (κ3) is 4.90. The van der Waals surface area contributed by atoms with Crippen LogP contribution in [0.15, 0.2) is 22.7 Å². The van der Waals surface area contributed by atoms with Crippen LogP contribution >= 0.6 is 27.5 Å². The molecule has 0 aliphatic carbocycles. The van der Waals surface area contributed by atoms with Gasteiger partial charge in [0, 0.05) is 29.0 Å². The highest BCUT2D eigenvalue weighted by Crippen LogP contribution is 2.22. The van der Waals surface area contributed by atoms with E-state index in [1.807, 2.05) is 6.07 Å². The average Bonchev–Trinajstić information content (AvgIpc) is 2.34. The molecule has 1 rings (SSSR count). The molecule has 0 saturated carbocycles. The van der Waals surface area contributed by atoms with Crippen molar-refractivity contribution in [2.75, 3.05) is 13.6 Å². The molecule has 1 aromatic rings. The molecule has 0 spiro atoms. The summed E-state index contributed by atoms with van der Waals surface area (Å²) in [5.41, 5.74) is 0.607. The van der Waals surface area contributed by atoms with Crippen LogP contribution in [0.2, 0.25) is 5.02 Å². The van der Waals surface area contributed by atoms with Gasteiger partial charge < -0.3 is 4.90 Å². The number of carbonyl (C=O) groups excluding carboxylic acids is 1. The molecule has 19 heavy (non-hydrogen) atoms. The molecule has 0 amide bonds. The maximum atomic E-state index is 12.1. The molecule has 1 atom stereocenters. The molecule has 0 aliphatic heterocycles. The predicted molar refractivity (Wildman–Crippen MR) is 85.0 cm³/mol. The maximum absolute atomic E-state index is 12.1. The van der Waals surface area contributed by atoms with Gasteiger partial charge in [-0.3, -0.25) is 4.79 Å². The fraction of sp³-hybridized carbons (Fsp3) is 0.533. The normalized spacial score (nSPS) is 13.1. The number of hydrogen-bond acceptors (Lipinski definition) is 2. The maximum Gasteiger partial charge on any atom is 0.165 e. The Bertz CT molecular complexity index is 448. The molecule has 106 valence electrons. The van der Waals surface area contributed by atoms with Gasteiger partial charge in [-0.1, -0.05) is 41.4 Å². The minimum atomic E-state index is 0.0975. The molecule has 4 heteroatoms. The second-order valence-electron chi connectivity index (χ2n) is 5.26. The number of halogens is 2. The summed E-state index contributed by atoms with van der Waals surface area (Å²) in [7, 11) is 2.06. The standard InChI is InChI=1S/C15H21BrClNO/c1-10(2)11(3)18(4)8-7-15(19)13-6-5-12(16)9-14(13)17/h5-6,9-11H,7-8H2,1-4H3. The van der Waals surface area contributed by atoms with Crippen LogP contribution in [0.1, 0.15) is 37.6 Å². The summed E-state index contributed by atoms with van der Waals surface area (Å²) < 4.78 is 0.889. The van der Waals surface area contributed by atoms with E-state index in [1.165, 1.54) is 0 Å². The van der Waals surface area contributed by atoms with E-state index in [0.29, 0.717) is 29.0 Å². The Morgan fingerprint density at radius 3 is 2.53 bits per heavy atom. The number of nitrogens with zero attached hydrogens (tertiary/aromatic N) is 1. The largest absolute Gasteiger partial charge is 0.303 e. The minimum Gasteiger partial charge on any atom is -0.303 e. The summed E-state index contributed by atoms with van der Waals surface area (Å²) in [5, 5.41) is 0.513. The fourth-order valence-electron chi connectivity index (χ4n) is 1.84. The minimum absolute atomic E-state index is 0.0975. The molecular weight excluding hydrogens is 326 g/mol. The second kappa shape index (κ2) is 7.41. The van der Waals surface area contributed by atoms with Crippen LogP contribution in [0, 0.1) is 5.92 Å². The van der Waals surface area contributed by atoms with E-state index in [2.05, 4.69) is 48.6 Å². The summed E-state index contributed by atoms with van der Waals surface area (Å²) in [6, 6.07) is 5.85. The first kappa shape index (κ1) is 16.7. The van der Waals surface area contributed by atoms with Crippen LogP contribution in [0.4, 0.5) is 0 Å². The van der Waals surface area contributed by atoms with Gasteiger partial charge in [0.2, 0.25) is 0 Å². The van der Waals surface area contributed by atoms with Crippen LogP contribution in [0.25, 0.3) is 0 Å². The molecule has 1 unspecified atom stereocenters. The van der Waals surface area contributed by atoms with Crippen molar-refractivity contribution in [2.24, 2.45) is 5.92 Å². The Balaban J connectivity index is 2.61. The highest BCUT2D eigenvalue weighted by atomic mass is 79.9. The Hall–Kier alpha value is -0.380. The molecule has 2 nitrogen and oxygen atoms in total. The average molecular weight is 347 g/mol. The monoisotopic (exact) mass is 345 g/mol. The summed E-state index contributed by atoms with van der Waals surface area (Å²) in [5.74, 6) is 0.677. The third-order valence-corrected chi connectivity index (χ3v) is 4.39. The van der Waals surface area contributed by atoms with Gasteiger partial charge in [-0.15, -0.1) is 0 Å². The second-order valence-corrected chi connectivity index (χ2v) is 6.59. The Morgan fingerprint density at radius 1 is 1.37 bits per heavy atom. The number of hydrogen-bond donors (Lipinski definition) is 0. The lowest BCUT2D eigenvalue weighted by molar-refractivity contribution is 0.0955. The zero-order valence-electron chi connectivity index (χ0n) is 11.9. The molecule has 0 aromatic heterocycles. The summed E-state index contributed by atoms with van der Waals surface area (Å²) in [4.78, 5) is 14.4. The van der Waals surface area contributed by atoms with Crippen LogP contribution < -0.4 is 0 Å². The van der Waals surface area contributed by atoms with Crippen molar-refractivity contribution >= 4 is 33.3 Å². The Kier molecular flexibility index (Phi) is 6.51. The van der Waals surface area contributed by atoms with Crippen molar-refractivity contribution in [3.05, 3.63) is 33.3 Å². The first-order valence-electron chi connectivity index (χ1n) is 6.51. The first-order chi connectivity index (χ1) is 8.82. The van der Waals surface area contributed by atoms with Crippen LogP contribution in [-0.4, -0.2) is 30.3 Å². The molecule has 0 aliphatic rings. The number of carbonyl (C=O) groups is 1. The van der Waals surface area contributed by atoms with Crippen molar-refractivity contribution in [1.82, 2.24) is 4.90 Å². The van der Waals surface area contributed by atoms with E-state index >= 15 is 0 Å². The quantitative estimate of drug-likeness (QED) is 0.699. The van der Waals surface area contributed by atoms with Gasteiger partial charge in [0.05, 0.1) is 5.02 Å². The number of ketones is 1. The van der Waals surface area contributed by atoms with Gasteiger partial charge in [0.15, 0.2) is 5.78 Å². The predicted octanol–water partition coefficient (Wildman–Crippen LogP) is 4.65. The van der Waals surface area contributed by atoms with Crippen molar-refractivity contribution in [1.29, 1.82) is 0 Å². The number of rotatable bonds is 6. The van der Waals surface area contributed by atoms with Crippen molar-refractivity contribution in [3.8, 4) is 0 Å². The lowest BCUT2D eigenvalue weighted by atomic mass is 10.0. The molecule has 0 radical (unpaired) electrons. The zero-order chi connectivity index (χ0) is 14.6. The van der Waals surface area contributed by atoms with Gasteiger partial charge in [-0.25, -0.2) is 0 Å². The van der Waals surface area contributed by atoms with Gasteiger partial charge in [0.25, 0.3) is 0 Å². The van der Waals surface area contributed by atoms with Crippen molar-refractivity contribution < 1.29 is 4.79 Å². The van der Waals surface area contributed by atoms with Crippen molar-refractivity contribution in [3.63, 3.8) is 0 Å². The van der Waals surface area contributed by atoms with Gasteiger partial charge >= 0.3 is 0 Å². The molecule has 0 N–H and O–H groups in total. The van der Waals surface area contributed by atoms with E-state index in [0.717, 1.165) is 11.0 Å². The zero-order valence-corrected chi connectivity index (χ0v) is 14.3. The van der Waals surface area contributed by atoms with Gasteiger partial charge in [-0.2, -0.15) is 0 Å². The molecule has 0 heterocycles. The SMILES string of the molecule is CC(C)C(C)N(C)CCC(=O)c1ccc(Br)cc1Cl. The van der Waals surface area contributed by atoms with E-state index in [9.17, 15) is 4.79 Å². The van der Waals surface area contributed by atoms with Crippen LogP contribution in [-0.2, 0) is 0 Å². The Labute approximate surface area is 129 Å². The van der Waals surface area contributed by atoms with Crippen LogP contribution in [0.5, 0.6) is 0 Å². The number of Topliss-reactive ketones (excluding diaryl/α,β-unsaturated/α-hetero) is 1. The molecular formula is C15H21BrClNO. The molecule has 1 aromatic carbocycles. The molecule has 0 saturated heterocycles. The van der Waals surface area contributed by atoms with E-state index in [-0.39, 0.29) is 5.78 Å². The van der Waals surface area contributed by atoms with E-state index in [4.69, 9.17) is 11.6 Å². The lowest BCUT2D eigenvalue weighted by Gasteiger charge is -2.27. The van der Waals surface area contributed by atoms with E-state index < -0.39 is 0 Å². The number of benzene rings is 1. The summed E-state index contributed by atoms with van der Waals surface area (Å²) >= 11 is 9.43. The summed E-state index contributed by atoms with van der Waals surface area (Å²) in [6.45, 7) is 7.31. The highest BCUT2D eigenvalue weighted by Gasteiger charge is 2.16. The summed E-state index contributed by atoms with van der Waals surface area (Å²) in [6.07, 6.45) is 0.495. The molecule has 0 bridgehead atoms. The third-order valence-electron chi connectivity index (χ3n) is 3.58. The van der Waals surface area contributed by atoms with E-state index in [1.54, 1.807) is 12.1 Å². The van der Waals surface area contributed by atoms with Gasteiger partial charge in [-0.05, 0) is 38.1 Å². The highest BCUT2D eigenvalue weighted by molar-refractivity contribution is 9.10. The Morgan fingerprint density at radius 2 is 2.00 bits per heavy atom. The topological polar surface area (TPSA) is 20.3 Å². The molecule has 0 fully saturated rings. The van der Waals surface area contributed by atoms with Gasteiger partial charge in [0.1, 0.15) is 0 Å². The smallest absolute Gasteiger partial charge is 0.165 e. The fourth-order valence-corrected chi connectivity index (χ4v) is 2.62. The van der Waals surface area contributed by atoms with Crippen molar-refractivity contribution in [2.45, 2.75) is 33.2 Å². The lowest BCUT2D eigenvalue weighted by Crippen LogP contribution is -2.34. The van der Waals surface area contributed by atoms with Crippen LogP contribution in [0.3, 0.4) is 0 Å².